The SMILES string of the molecule is CCCCCCc1c[c-]c(-c2ccccn2)cc1.[Ir]. The van der Waals surface area contributed by atoms with Crippen LogP contribution in [0.5, 0.6) is 0 Å². The Morgan fingerprint density at radius 3 is 2.58 bits per heavy atom. The predicted molar refractivity (Wildman–Crippen MR) is 76.4 cm³/mol. The molecule has 0 atom stereocenters. The second kappa shape index (κ2) is 9.01. The van der Waals surface area contributed by atoms with Crippen molar-refractivity contribution in [2.45, 2.75) is 39.0 Å². The van der Waals surface area contributed by atoms with Crippen LogP contribution in [0.1, 0.15) is 38.2 Å². The van der Waals surface area contributed by atoms with Gasteiger partial charge in [0.15, 0.2) is 0 Å². The van der Waals surface area contributed by atoms with Crippen molar-refractivity contribution in [3.05, 3.63) is 54.2 Å². The van der Waals surface area contributed by atoms with E-state index < -0.39 is 0 Å². The number of hydrogen-bond donors (Lipinski definition) is 0. The van der Waals surface area contributed by atoms with Crippen molar-refractivity contribution in [1.82, 2.24) is 4.98 Å². The summed E-state index contributed by atoms with van der Waals surface area (Å²) in [7, 11) is 0. The number of aryl methyl sites for hydroxylation is 1. The standard InChI is InChI=1S/C17H20N.Ir/c1-2-3-4-5-8-15-10-12-16(13-11-15)17-9-6-7-14-18-17;/h6-7,9-12,14H,2-5,8H2,1H3;/q-1;. The van der Waals surface area contributed by atoms with Crippen LogP contribution in [0.15, 0.2) is 42.6 Å². The van der Waals surface area contributed by atoms with Gasteiger partial charge in [0, 0.05) is 26.3 Å². The van der Waals surface area contributed by atoms with Crippen LogP contribution in [-0.2, 0) is 26.5 Å². The fourth-order valence-electron chi connectivity index (χ4n) is 2.05. The van der Waals surface area contributed by atoms with Crippen molar-refractivity contribution in [3.63, 3.8) is 0 Å². The second-order valence-corrected chi connectivity index (χ2v) is 4.64. The summed E-state index contributed by atoms with van der Waals surface area (Å²) in [6.45, 7) is 2.25. The Morgan fingerprint density at radius 2 is 1.95 bits per heavy atom. The van der Waals surface area contributed by atoms with Crippen LogP contribution < -0.4 is 0 Å². The first-order valence-corrected chi connectivity index (χ1v) is 6.82. The molecule has 19 heavy (non-hydrogen) atoms. The van der Waals surface area contributed by atoms with Crippen LogP contribution in [0, 0.1) is 6.07 Å². The van der Waals surface area contributed by atoms with Gasteiger partial charge in [0.1, 0.15) is 0 Å². The zero-order valence-electron chi connectivity index (χ0n) is 11.4. The summed E-state index contributed by atoms with van der Waals surface area (Å²) in [5.41, 5.74) is 3.45. The third-order valence-corrected chi connectivity index (χ3v) is 3.14. The number of pyridine rings is 1. The molecule has 1 heterocycles. The van der Waals surface area contributed by atoms with E-state index in [0.717, 1.165) is 11.3 Å². The van der Waals surface area contributed by atoms with Crippen molar-refractivity contribution in [1.29, 1.82) is 0 Å². The van der Waals surface area contributed by atoms with Gasteiger partial charge < -0.3 is 4.98 Å². The van der Waals surface area contributed by atoms with Crippen LogP contribution in [-0.4, -0.2) is 4.98 Å². The molecule has 0 aliphatic carbocycles. The van der Waals surface area contributed by atoms with E-state index in [4.69, 9.17) is 0 Å². The number of nitrogens with zero attached hydrogens (tertiary/aromatic N) is 1. The molecule has 0 spiro atoms. The van der Waals surface area contributed by atoms with Gasteiger partial charge >= 0.3 is 0 Å². The maximum atomic E-state index is 4.33. The van der Waals surface area contributed by atoms with Crippen LogP contribution in [0.3, 0.4) is 0 Å². The Morgan fingerprint density at radius 1 is 1.05 bits per heavy atom. The summed E-state index contributed by atoms with van der Waals surface area (Å²) in [4.78, 5) is 4.33. The number of hydrogen-bond acceptors (Lipinski definition) is 1. The molecule has 0 aliphatic rings. The molecule has 1 aromatic heterocycles. The summed E-state index contributed by atoms with van der Waals surface area (Å²) in [6, 6.07) is 15.7. The maximum Gasteiger partial charge on any atom is 0.0160 e. The normalized spacial score (nSPS) is 9.95. The van der Waals surface area contributed by atoms with Gasteiger partial charge in [0.05, 0.1) is 0 Å². The molecule has 0 N–H and O–H groups in total. The minimum atomic E-state index is 0. The first kappa shape index (κ1) is 16.1. The van der Waals surface area contributed by atoms with Crippen molar-refractivity contribution >= 4 is 0 Å². The molecule has 2 aromatic rings. The Kier molecular flexibility index (Phi) is 7.62. The van der Waals surface area contributed by atoms with Gasteiger partial charge in [-0.3, -0.25) is 0 Å². The van der Waals surface area contributed by atoms with E-state index in [0.29, 0.717) is 0 Å². The minimum Gasteiger partial charge on any atom is -0.305 e. The quantitative estimate of drug-likeness (QED) is 0.479. The third kappa shape index (κ3) is 5.26. The molecule has 0 saturated heterocycles. The average molecular weight is 431 g/mol. The van der Waals surface area contributed by atoms with Crippen molar-refractivity contribution in [3.8, 4) is 11.3 Å². The molecule has 0 fully saturated rings. The largest absolute Gasteiger partial charge is 0.305 e. The van der Waals surface area contributed by atoms with E-state index in [1.807, 2.05) is 24.4 Å². The Balaban J connectivity index is 0.00000180. The van der Waals surface area contributed by atoms with E-state index in [2.05, 4.69) is 36.2 Å². The van der Waals surface area contributed by atoms with Crippen LogP contribution in [0.2, 0.25) is 0 Å². The van der Waals surface area contributed by atoms with E-state index in [1.165, 1.54) is 37.7 Å². The van der Waals surface area contributed by atoms with Crippen LogP contribution in [0.4, 0.5) is 0 Å². The molecule has 0 unspecified atom stereocenters. The molecule has 1 aromatic carbocycles. The summed E-state index contributed by atoms with van der Waals surface area (Å²) in [6.07, 6.45) is 8.24. The van der Waals surface area contributed by atoms with E-state index >= 15 is 0 Å². The van der Waals surface area contributed by atoms with E-state index in [1.54, 1.807) is 0 Å². The summed E-state index contributed by atoms with van der Waals surface area (Å²) in [5, 5.41) is 0. The van der Waals surface area contributed by atoms with Crippen LogP contribution >= 0.6 is 0 Å². The van der Waals surface area contributed by atoms with E-state index in [-0.39, 0.29) is 20.1 Å². The Labute approximate surface area is 129 Å². The fraction of sp³-hybridized carbons (Fsp3) is 0.353. The molecule has 0 bridgehead atoms. The molecule has 0 amide bonds. The smallest absolute Gasteiger partial charge is 0.0160 e. The van der Waals surface area contributed by atoms with Gasteiger partial charge in [0.2, 0.25) is 0 Å². The van der Waals surface area contributed by atoms with Gasteiger partial charge in [-0.05, 0) is 11.8 Å². The van der Waals surface area contributed by atoms with Crippen molar-refractivity contribution < 1.29 is 20.1 Å². The molecule has 2 heteroatoms. The van der Waals surface area contributed by atoms with E-state index in [9.17, 15) is 0 Å². The zero-order valence-corrected chi connectivity index (χ0v) is 13.8. The van der Waals surface area contributed by atoms with Gasteiger partial charge in [-0.2, -0.15) is 0 Å². The fourth-order valence-corrected chi connectivity index (χ4v) is 2.05. The third-order valence-electron chi connectivity index (χ3n) is 3.14. The van der Waals surface area contributed by atoms with Gasteiger partial charge in [0.25, 0.3) is 0 Å². The first-order valence-electron chi connectivity index (χ1n) is 6.82. The monoisotopic (exact) mass is 431 g/mol. The molecular weight excluding hydrogens is 410 g/mol. The summed E-state index contributed by atoms with van der Waals surface area (Å²) >= 11 is 0. The maximum absolute atomic E-state index is 4.33. The molecule has 2 rings (SSSR count). The zero-order chi connectivity index (χ0) is 12.6. The Hall–Kier alpha value is -0.981. The molecule has 103 valence electrons. The average Bonchev–Trinajstić information content (AvgIpc) is 2.45. The topological polar surface area (TPSA) is 12.9 Å². The van der Waals surface area contributed by atoms with Crippen LogP contribution in [0.25, 0.3) is 11.3 Å². The summed E-state index contributed by atoms with van der Waals surface area (Å²) < 4.78 is 0. The molecule has 1 radical (unpaired) electrons. The van der Waals surface area contributed by atoms with Gasteiger partial charge in [-0.25, -0.2) is 0 Å². The number of unbranched alkanes of at least 4 members (excludes halogenated alkanes) is 3. The number of benzene rings is 1. The Bertz CT molecular complexity index is 450. The predicted octanol–water partition coefficient (Wildman–Crippen LogP) is 4.67. The van der Waals surface area contributed by atoms with Crippen molar-refractivity contribution in [2.75, 3.05) is 0 Å². The summed E-state index contributed by atoms with van der Waals surface area (Å²) in [5.74, 6) is 0. The van der Waals surface area contributed by atoms with Crippen molar-refractivity contribution in [2.24, 2.45) is 0 Å². The molecular formula is C17H20IrN-. The number of rotatable bonds is 6. The van der Waals surface area contributed by atoms with Gasteiger partial charge in [-0.15, -0.1) is 35.4 Å². The number of aromatic nitrogens is 1. The van der Waals surface area contributed by atoms with Gasteiger partial charge in [-0.1, -0.05) is 51.2 Å². The first-order chi connectivity index (χ1) is 8.90. The molecule has 0 aliphatic heterocycles. The molecule has 0 saturated carbocycles. The minimum absolute atomic E-state index is 0. The molecule has 1 nitrogen and oxygen atoms in total. The second-order valence-electron chi connectivity index (χ2n) is 4.64.